The maximum Gasteiger partial charge on any atom is 0.241 e. The van der Waals surface area contributed by atoms with Crippen molar-refractivity contribution in [2.24, 2.45) is 5.14 Å². The Balaban J connectivity index is 1.48. The molecule has 1 amide bonds. The minimum Gasteiger partial charge on any atom is -0.495 e. The number of methoxy groups -OCH3 is 1. The Bertz CT molecular complexity index is 1420. The zero-order chi connectivity index (χ0) is 24.1. The highest BCUT2D eigenvalue weighted by Gasteiger charge is 2.17. The number of imidazole rings is 1. The highest BCUT2D eigenvalue weighted by atomic mass is 32.2. The fourth-order valence-electron chi connectivity index (χ4n) is 3.57. The summed E-state index contributed by atoms with van der Waals surface area (Å²) in [5.74, 6) is -0.0787. The predicted octanol–water partition coefficient (Wildman–Crippen LogP) is 3.67. The van der Waals surface area contributed by atoms with E-state index in [2.05, 4.69) is 22.0 Å². The number of hydrogen-bond acceptors (Lipinski definition) is 6. The number of aromatic nitrogens is 2. The quantitative estimate of drug-likeness (QED) is 0.342. The highest BCUT2D eigenvalue weighted by Crippen LogP contribution is 2.27. The van der Waals surface area contributed by atoms with Crippen molar-refractivity contribution in [2.45, 2.75) is 23.0 Å². The van der Waals surface area contributed by atoms with Gasteiger partial charge in [-0.05, 0) is 42.3 Å². The van der Waals surface area contributed by atoms with Crippen LogP contribution in [0.15, 0.2) is 82.8 Å². The van der Waals surface area contributed by atoms with E-state index in [1.807, 2.05) is 42.5 Å². The van der Waals surface area contributed by atoms with Crippen LogP contribution < -0.4 is 15.2 Å². The molecule has 3 aromatic carbocycles. The van der Waals surface area contributed by atoms with Gasteiger partial charge < -0.3 is 14.6 Å². The van der Waals surface area contributed by atoms with Crippen LogP contribution >= 0.6 is 11.8 Å². The first kappa shape index (κ1) is 23.8. The van der Waals surface area contributed by atoms with Gasteiger partial charge in [-0.3, -0.25) is 4.79 Å². The van der Waals surface area contributed by atoms with Crippen molar-refractivity contribution in [1.82, 2.24) is 9.55 Å². The molecule has 0 aliphatic heterocycles. The maximum absolute atomic E-state index is 12.6. The number of carbonyl (C=O) groups is 1. The first-order valence-corrected chi connectivity index (χ1v) is 13.0. The summed E-state index contributed by atoms with van der Waals surface area (Å²) in [6.45, 7) is 0.727. The lowest BCUT2D eigenvalue weighted by Gasteiger charge is -2.11. The molecule has 10 heteroatoms. The largest absolute Gasteiger partial charge is 0.495 e. The summed E-state index contributed by atoms with van der Waals surface area (Å²) < 4.78 is 30.8. The van der Waals surface area contributed by atoms with Crippen LogP contribution in [-0.4, -0.2) is 36.7 Å². The zero-order valence-electron chi connectivity index (χ0n) is 18.5. The van der Waals surface area contributed by atoms with Crippen LogP contribution in [0.25, 0.3) is 11.0 Å². The van der Waals surface area contributed by atoms with Crippen molar-refractivity contribution in [3.63, 3.8) is 0 Å². The Labute approximate surface area is 202 Å². The smallest absolute Gasteiger partial charge is 0.241 e. The molecule has 0 bridgehead atoms. The molecule has 0 saturated carbocycles. The first-order chi connectivity index (χ1) is 16.3. The fraction of sp³-hybridized carbons (Fsp3) is 0.167. The molecule has 0 unspecified atom stereocenters. The van der Waals surface area contributed by atoms with Gasteiger partial charge in [0.2, 0.25) is 15.9 Å². The number of benzene rings is 3. The maximum atomic E-state index is 12.6. The van der Waals surface area contributed by atoms with E-state index in [4.69, 9.17) is 14.9 Å². The zero-order valence-corrected chi connectivity index (χ0v) is 20.1. The highest BCUT2D eigenvalue weighted by molar-refractivity contribution is 7.99. The number of ether oxygens (including phenoxy) is 1. The van der Waals surface area contributed by atoms with Gasteiger partial charge in [0, 0.05) is 12.2 Å². The molecule has 0 saturated heterocycles. The van der Waals surface area contributed by atoms with Gasteiger partial charge in [0.1, 0.15) is 10.6 Å². The SMILES string of the molecule is COc1ccc(NC(=O)CSc2nc3ccccc3n2CCc2ccccc2)cc1S(N)(=O)=O. The third-order valence-corrected chi connectivity index (χ3v) is 7.08. The van der Waals surface area contributed by atoms with Gasteiger partial charge in [-0.15, -0.1) is 0 Å². The number of sulfonamides is 1. The van der Waals surface area contributed by atoms with E-state index in [0.717, 1.165) is 29.2 Å². The van der Waals surface area contributed by atoms with Gasteiger partial charge in [-0.1, -0.05) is 54.2 Å². The van der Waals surface area contributed by atoms with Crippen LogP contribution in [0.1, 0.15) is 5.56 Å². The van der Waals surface area contributed by atoms with E-state index in [9.17, 15) is 13.2 Å². The fourth-order valence-corrected chi connectivity index (χ4v) is 5.13. The number of nitrogens with zero attached hydrogens (tertiary/aromatic N) is 2. The normalized spacial score (nSPS) is 11.5. The lowest BCUT2D eigenvalue weighted by molar-refractivity contribution is -0.113. The van der Waals surface area contributed by atoms with Gasteiger partial charge in [0.15, 0.2) is 5.16 Å². The molecule has 0 aliphatic carbocycles. The average Bonchev–Trinajstić information content (AvgIpc) is 3.19. The number of amides is 1. The lowest BCUT2D eigenvalue weighted by atomic mass is 10.1. The predicted molar refractivity (Wildman–Crippen MR) is 134 cm³/mol. The van der Waals surface area contributed by atoms with Crippen LogP contribution in [-0.2, 0) is 27.8 Å². The van der Waals surface area contributed by atoms with Crippen molar-refractivity contribution < 1.29 is 17.9 Å². The monoisotopic (exact) mass is 496 g/mol. The second-order valence-electron chi connectivity index (χ2n) is 7.52. The van der Waals surface area contributed by atoms with Crippen LogP contribution in [0.4, 0.5) is 5.69 Å². The van der Waals surface area contributed by atoms with E-state index in [1.54, 1.807) is 6.07 Å². The topological polar surface area (TPSA) is 116 Å². The van der Waals surface area contributed by atoms with Crippen molar-refractivity contribution >= 4 is 44.4 Å². The lowest BCUT2D eigenvalue weighted by Crippen LogP contribution is -2.17. The second-order valence-corrected chi connectivity index (χ2v) is 9.99. The number of aryl methyl sites for hydroxylation is 2. The Hall–Kier alpha value is -3.34. The standard InChI is InChI=1S/C24H24N4O4S2/c1-32-21-12-11-18(15-22(21)34(25,30)31)26-23(29)16-33-24-27-19-9-5-6-10-20(19)28(24)14-13-17-7-3-2-4-8-17/h2-12,15H,13-14,16H2,1H3,(H,26,29)(H2,25,30,31). The Morgan fingerprint density at radius 3 is 2.56 bits per heavy atom. The van der Waals surface area contributed by atoms with E-state index in [0.29, 0.717) is 5.69 Å². The summed E-state index contributed by atoms with van der Waals surface area (Å²) in [5, 5.41) is 8.71. The minimum atomic E-state index is -4.00. The molecule has 1 aromatic heterocycles. The molecule has 4 aromatic rings. The molecule has 4 rings (SSSR count). The van der Waals surface area contributed by atoms with Crippen molar-refractivity contribution in [3.8, 4) is 5.75 Å². The Morgan fingerprint density at radius 1 is 1.09 bits per heavy atom. The summed E-state index contributed by atoms with van der Waals surface area (Å²) in [7, 11) is -2.65. The number of anilines is 1. The Kier molecular flexibility index (Phi) is 7.20. The summed E-state index contributed by atoms with van der Waals surface area (Å²) in [6.07, 6.45) is 0.836. The molecule has 8 nitrogen and oxygen atoms in total. The number of primary sulfonamides is 1. The molecule has 0 aliphatic rings. The number of para-hydroxylation sites is 2. The molecular weight excluding hydrogens is 472 g/mol. The number of rotatable bonds is 9. The summed E-state index contributed by atoms with van der Waals surface area (Å²) >= 11 is 1.32. The van der Waals surface area contributed by atoms with Crippen molar-refractivity contribution in [3.05, 3.63) is 78.4 Å². The summed E-state index contributed by atoms with van der Waals surface area (Å²) in [6, 6.07) is 22.4. The molecule has 34 heavy (non-hydrogen) atoms. The number of fused-ring (bicyclic) bond motifs is 1. The van der Waals surface area contributed by atoms with Gasteiger partial charge in [0.05, 0.1) is 23.9 Å². The minimum absolute atomic E-state index is 0.103. The average molecular weight is 497 g/mol. The number of thioether (sulfide) groups is 1. The van der Waals surface area contributed by atoms with Crippen LogP contribution in [0.5, 0.6) is 5.75 Å². The van der Waals surface area contributed by atoms with E-state index in [1.165, 1.54) is 36.6 Å². The van der Waals surface area contributed by atoms with E-state index < -0.39 is 10.0 Å². The molecule has 0 fully saturated rings. The van der Waals surface area contributed by atoms with Crippen molar-refractivity contribution in [2.75, 3.05) is 18.2 Å². The van der Waals surface area contributed by atoms with Crippen molar-refractivity contribution in [1.29, 1.82) is 0 Å². The number of carbonyl (C=O) groups excluding carboxylic acids is 1. The second kappa shape index (κ2) is 10.3. The van der Waals surface area contributed by atoms with Gasteiger partial charge in [0.25, 0.3) is 0 Å². The first-order valence-electron chi connectivity index (χ1n) is 10.5. The molecule has 0 radical (unpaired) electrons. The summed E-state index contributed by atoms with van der Waals surface area (Å²) in [4.78, 5) is 17.1. The molecule has 176 valence electrons. The number of nitrogens with one attached hydrogen (secondary N) is 1. The number of hydrogen-bond donors (Lipinski definition) is 2. The van der Waals surface area contributed by atoms with Crippen LogP contribution in [0, 0.1) is 0 Å². The number of nitrogens with two attached hydrogens (primary N) is 1. The van der Waals surface area contributed by atoms with E-state index in [-0.39, 0.29) is 22.3 Å². The third kappa shape index (κ3) is 5.58. The molecule has 1 heterocycles. The molecule has 0 atom stereocenters. The van der Waals surface area contributed by atoms with Gasteiger partial charge in [-0.25, -0.2) is 18.5 Å². The summed E-state index contributed by atoms with van der Waals surface area (Å²) in [5.41, 5.74) is 3.41. The van der Waals surface area contributed by atoms with Crippen LogP contribution in [0.3, 0.4) is 0 Å². The molecule has 3 N–H and O–H groups in total. The third-order valence-electron chi connectivity index (χ3n) is 5.17. The van der Waals surface area contributed by atoms with Crippen LogP contribution in [0.2, 0.25) is 0 Å². The molecular formula is C24H24N4O4S2. The van der Waals surface area contributed by atoms with Gasteiger partial charge in [-0.2, -0.15) is 0 Å². The van der Waals surface area contributed by atoms with E-state index >= 15 is 0 Å². The Morgan fingerprint density at radius 2 is 1.82 bits per heavy atom. The van der Waals surface area contributed by atoms with Gasteiger partial charge >= 0.3 is 0 Å². The molecule has 0 spiro atoms.